The second kappa shape index (κ2) is 8.82. The van der Waals surface area contributed by atoms with Crippen LogP contribution < -0.4 is 5.32 Å². The average molecular weight is 460 g/mol. The minimum atomic E-state index is -0.554. The number of thiophene rings is 1. The van der Waals surface area contributed by atoms with Crippen LogP contribution >= 0.6 is 34.7 Å². The number of hydrogen-bond donors (Lipinski definition) is 1. The standard InChI is InChI=1S/C19H14ClN5O3S2/c1-28-17(27)15-12(11-5-2-3-6-13(11)20)9-29-16(15)22-14(26)10-30-19-23-18-21-7-4-8-25(18)24-19/h2-9H,10H2,1H3,(H,22,26). The highest BCUT2D eigenvalue weighted by molar-refractivity contribution is 7.99. The van der Waals surface area contributed by atoms with E-state index in [1.54, 1.807) is 42.0 Å². The topological polar surface area (TPSA) is 98.5 Å². The van der Waals surface area contributed by atoms with Crippen LogP contribution in [0.1, 0.15) is 10.4 Å². The number of carbonyl (C=O) groups is 2. The van der Waals surface area contributed by atoms with E-state index < -0.39 is 5.97 Å². The smallest absolute Gasteiger partial charge is 0.341 e. The zero-order chi connectivity index (χ0) is 21.1. The van der Waals surface area contributed by atoms with E-state index in [0.29, 0.717) is 32.1 Å². The highest BCUT2D eigenvalue weighted by atomic mass is 35.5. The van der Waals surface area contributed by atoms with Crippen molar-refractivity contribution in [3.63, 3.8) is 0 Å². The SMILES string of the molecule is COC(=O)c1c(-c2ccccc2Cl)csc1NC(=O)CSc1nc2ncccn2n1. The molecule has 152 valence electrons. The first-order chi connectivity index (χ1) is 14.6. The monoisotopic (exact) mass is 459 g/mol. The zero-order valence-electron chi connectivity index (χ0n) is 15.5. The summed E-state index contributed by atoms with van der Waals surface area (Å²) >= 11 is 8.69. The summed E-state index contributed by atoms with van der Waals surface area (Å²) in [4.78, 5) is 33.2. The lowest BCUT2D eigenvalue weighted by Crippen LogP contribution is -2.16. The number of thioether (sulfide) groups is 1. The summed E-state index contributed by atoms with van der Waals surface area (Å²) in [5.74, 6) is -0.334. The summed E-state index contributed by atoms with van der Waals surface area (Å²) in [6.45, 7) is 0. The number of esters is 1. The van der Waals surface area contributed by atoms with Crippen LogP contribution in [0.4, 0.5) is 5.00 Å². The number of amides is 1. The molecule has 0 radical (unpaired) electrons. The van der Waals surface area contributed by atoms with Gasteiger partial charge in [-0.15, -0.1) is 16.4 Å². The lowest BCUT2D eigenvalue weighted by molar-refractivity contribution is -0.113. The predicted octanol–water partition coefficient (Wildman–Crippen LogP) is 4.02. The molecule has 0 spiro atoms. The Balaban J connectivity index is 1.52. The molecular formula is C19H14ClN5O3S2. The Bertz CT molecular complexity index is 1210. The molecule has 0 bridgehead atoms. The van der Waals surface area contributed by atoms with Crippen LogP contribution in [0.2, 0.25) is 5.02 Å². The second-order valence-corrected chi connectivity index (χ2v) is 8.15. The summed E-state index contributed by atoms with van der Waals surface area (Å²) in [7, 11) is 1.29. The number of halogens is 1. The number of aromatic nitrogens is 4. The van der Waals surface area contributed by atoms with Gasteiger partial charge in [0.25, 0.3) is 5.78 Å². The largest absolute Gasteiger partial charge is 0.465 e. The molecule has 30 heavy (non-hydrogen) atoms. The van der Waals surface area contributed by atoms with E-state index in [2.05, 4.69) is 20.4 Å². The van der Waals surface area contributed by atoms with Gasteiger partial charge in [0, 0.05) is 33.9 Å². The summed E-state index contributed by atoms with van der Waals surface area (Å²) < 4.78 is 6.45. The second-order valence-electron chi connectivity index (χ2n) is 5.92. The molecule has 0 saturated heterocycles. The molecule has 0 aliphatic carbocycles. The normalized spacial score (nSPS) is 10.9. The minimum absolute atomic E-state index is 0.0663. The van der Waals surface area contributed by atoms with Gasteiger partial charge in [0.2, 0.25) is 11.1 Å². The minimum Gasteiger partial charge on any atom is -0.465 e. The van der Waals surface area contributed by atoms with Gasteiger partial charge in [0.15, 0.2) is 0 Å². The third-order valence-electron chi connectivity index (χ3n) is 4.03. The van der Waals surface area contributed by atoms with E-state index in [9.17, 15) is 9.59 Å². The maximum absolute atomic E-state index is 12.5. The molecule has 0 fully saturated rings. The van der Waals surface area contributed by atoms with Crippen LogP contribution in [-0.4, -0.2) is 44.3 Å². The first-order valence-electron chi connectivity index (χ1n) is 8.61. The number of nitrogens with one attached hydrogen (secondary N) is 1. The van der Waals surface area contributed by atoms with Crippen LogP contribution in [0, 0.1) is 0 Å². The van der Waals surface area contributed by atoms with E-state index >= 15 is 0 Å². The number of anilines is 1. The van der Waals surface area contributed by atoms with Crippen molar-refractivity contribution >= 4 is 57.4 Å². The molecule has 1 amide bonds. The van der Waals surface area contributed by atoms with E-state index in [1.807, 2.05) is 6.07 Å². The average Bonchev–Trinajstić information content (AvgIpc) is 3.36. The first-order valence-corrected chi connectivity index (χ1v) is 10.9. The molecule has 0 unspecified atom stereocenters. The van der Waals surface area contributed by atoms with Gasteiger partial charge in [-0.3, -0.25) is 4.79 Å². The van der Waals surface area contributed by atoms with Gasteiger partial charge < -0.3 is 10.1 Å². The van der Waals surface area contributed by atoms with Crippen LogP contribution in [0.5, 0.6) is 0 Å². The summed E-state index contributed by atoms with van der Waals surface area (Å²) in [5, 5.41) is 10.1. The Kier molecular flexibility index (Phi) is 5.98. The molecule has 1 aromatic carbocycles. The number of carbonyl (C=O) groups excluding carboxylic acids is 2. The number of ether oxygens (including phenoxy) is 1. The molecule has 11 heteroatoms. The number of nitrogens with zero attached hydrogens (tertiary/aromatic N) is 4. The first kappa shape index (κ1) is 20.3. The molecule has 0 saturated carbocycles. The van der Waals surface area contributed by atoms with E-state index in [-0.39, 0.29) is 17.2 Å². The van der Waals surface area contributed by atoms with Gasteiger partial charge in [0.1, 0.15) is 10.6 Å². The summed E-state index contributed by atoms with van der Waals surface area (Å²) in [5.41, 5.74) is 1.56. The number of methoxy groups -OCH3 is 1. The van der Waals surface area contributed by atoms with Crippen molar-refractivity contribution in [2.75, 3.05) is 18.2 Å². The Hall–Kier alpha value is -2.95. The molecule has 8 nitrogen and oxygen atoms in total. The van der Waals surface area contributed by atoms with Gasteiger partial charge in [-0.05, 0) is 12.1 Å². The van der Waals surface area contributed by atoms with E-state index in [1.165, 1.54) is 34.7 Å². The molecule has 3 heterocycles. The molecular weight excluding hydrogens is 446 g/mol. The van der Waals surface area contributed by atoms with Crippen molar-refractivity contribution in [2.45, 2.75) is 5.16 Å². The van der Waals surface area contributed by atoms with Crippen molar-refractivity contribution in [2.24, 2.45) is 0 Å². The molecule has 0 aliphatic heterocycles. The van der Waals surface area contributed by atoms with Gasteiger partial charge in [-0.25, -0.2) is 14.3 Å². The summed E-state index contributed by atoms with van der Waals surface area (Å²) in [6.07, 6.45) is 3.34. The lowest BCUT2D eigenvalue weighted by Gasteiger charge is -2.08. The molecule has 1 N–H and O–H groups in total. The molecule has 0 aliphatic rings. The quantitative estimate of drug-likeness (QED) is 0.343. The Labute approximate surface area is 184 Å². The van der Waals surface area contributed by atoms with Crippen molar-refractivity contribution in [3.05, 3.63) is 58.7 Å². The predicted molar refractivity (Wildman–Crippen MR) is 116 cm³/mol. The van der Waals surface area contributed by atoms with E-state index in [0.717, 1.165) is 0 Å². The molecule has 4 rings (SSSR count). The van der Waals surface area contributed by atoms with Crippen molar-refractivity contribution in [3.8, 4) is 11.1 Å². The number of fused-ring (bicyclic) bond motifs is 1. The number of hydrogen-bond acceptors (Lipinski definition) is 8. The van der Waals surface area contributed by atoms with Gasteiger partial charge >= 0.3 is 5.97 Å². The lowest BCUT2D eigenvalue weighted by atomic mass is 10.0. The highest BCUT2D eigenvalue weighted by Gasteiger charge is 2.23. The third kappa shape index (κ3) is 4.16. The number of benzene rings is 1. The molecule has 3 aromatic heterocycles. The molecule has 0 atom stereocenters. The van der Waals surface area contributed by atoms with Crippen molar-refractivity contribution < 1.29 is 14.3 Å². The fraction of sp³-hybridized carbons (Fsp3) is 0.105. The maximum Gasteiger partial charge on any atom is 0.341 e. The Morgan fingerprint density at radius 1 is 1.27 bits per heavy atom. The maximum atomic E-state index is 12.5. The van der Waals surface area contributed by atoms with Crippen molar-refractivity contribution in [1.29, 1.82) is 0 Å². The van der Waals surface area contributed by atoms with Crippen LogP contribution in [0.15, 0.2) is 53.3 Å². The van der Waals surface area contributed by atoms with Crippen LogP contribution in [0.25, 0.3) is 16.9 Å². The van der Waals surface area contributed by atoms with Crippen LogP contribution in [-0.2, 0) is 9.53 Å². The van der Waals surface area contributed by atoms with E-state index in [4.69, 9.17) is 16.3 Å². The van der Waals surface area contributed by atoms with Crippen molar-refractivity contribution in [1.82, 2.24) is 19.6 Å². The highest BCUT2D eigenvalue weighted by Crippen LogP contribution is 2.39. The van der Waals surface area contributed by atoms with Crippen LogP contribution in [0.3, 0.4) is 0 Å². The zero-order valence-corrected chi connectivity index (χ0v) is 17.9. The van der Waals surface area contributed by atoms with Gasteiger partial charge in [0.05, 0.1) is 12.9 Å². The Morgan fingerprint density at radius 3 is 2.87 bits per heavy atom. The van der Waals surface area contributed by atoms with Gasteiger partial charge in [-0.1, -0.05) is 41.6 Å². The number of rotatable bonds is 6. The van der Waals surface area contributed by atoms with Gasteiger partial charge in [-0.2, -0.15) is 4.98 Å². The Morgan fingerprint density at radius 2 is 2.10 bits per heavy atom. The fourth-order valence-corrected chi connectivity index (χ4v) is 4.53. The summed E-state index contributed by atoms with van der Waals surface area (Å²) in [6, 6.07) is 8.91. The molecule has 4 aromatic rings. The third-order valence-corrected chi connectivity index (χ3v) is 6.09. The fourth-order valence-electron chi connectivity index (χ4n) is 2.70.